The third kappa shape index (κ3) is 6.30. The topological polar surface area (TPSA) is 66.5 Å². The Morgan fingerprint density at radius 3 is 2.33 bits per heavy atom. The number of sulfonamides is 1. The predicted molar refractivity (Wildman–Crippen MR) is 125 cm³/mol. The number of rotatable bonds is 9. The SMILES string of the molecule is O=C(CN(c1cc(Cl)cc(Cl)c1)S(=O)(=O)c1ccccc1)NCCSC1CCCC1. The van der Waals surface area contributed by atoms with Crippen molar-refractivity contribution in [3.05, 3.63) is 58.6 Å². The number of carbonyl (C=O) groups excluding carboxylic acids is 1. The molecule has 0 saturated heterocycles. The molecule has 1 saturated carbocycles. The highest BCUT2D eigenvalue weighted by Crippen LogP contribution is 2.30. The van der Waals surface area contributed by atoms with E-state index in [0.717, 1.165) is 10.1 Å². The van der Waals surface area contributed by atoms with Crippen LogP contribution in [-0.2, 0) is 14.8 Å². The van der Waals surface area contributed by atoms with Crippen LogP contribution >= 0.6 is 35.0 Å². The maximum atomic E-state index is 13.3. The fraction of sp³-hybridized carbons (Fsp3) is 0.381. The van der Waals surface area contributed by atoms with E-state index < -0.39 is 10.0 Å². The summed E-state index contributed by atoms with van der Waals surface area (Å²) in [5.41, 5.74) is 0.242. The van der Waals surface area contributed by atoms with Gasteiger partial charge >= 0.3 is 0 Å². The minimum absolute atomic E-state index is 0.0886. The molecule has 0 unspecified atom stereocenters. The van der Waals surface area contributed by atoms with Gasteiger partial charge in [0.05, 0.1) is 10.6 Å². The molecular formula is C21H24Cl2N2O3S2. The summed E-state index contributed by atoms with van der Waals surface area (Å²) in [5.74, 6) is 0.433. The zero-order valence-corrected chi connectivity index (χ0v) is 19.5. The number of hydrogen-bond donors (Lipinski definition) is 1. The molecule has 0 spiro atoms. The van der Waals surface area contributed by atoms with Crippen molar-refractivity contribution >= 4 is 56.6 Å². The Balaban J connectivity index is 1.73. The molecule has 1 N–H and O–H groups in total. The standard InChI is InChI=1S/C21H24Cl2N2O3S2/c22-16-12-17(23)14-18(13-16)25(30(27,28)20-8-2-1-3-9-20)15-21(26)24-10-11-29-19-6-4-5-7-19/h1-3,8-9,12-14,19H,4-7,10-11,15H2,(H,24,26). The van der Waals surface area contributed by atoms with Gasteiger partial charge in [-0.05, 0) is 43.2 Å². The average molecular weight is 487 g/mol. The van der Waals surface area contributed by atoms with Crippen LogP contribution in [0.4, 0.5) is 5.69 Å². The molecule has 0 aliphatic heterocycles. The van der Waals surface area contributed by atoms with E-state index >= 15 is 0 Å². The van der Waals surface area contributed by atoms with Gasteiger partial charge in [0.15, 0.2) is 0 Å². The molecule has 0 atom stereocenters. The van der Waals surface area contributed by atoms with Gasteiger partial charge in [-0.2, -0.15) is 11.8 Å². The molecule has 2 aromatic carbocycles. The van der Waals surface area contributed by atoms with Gasteiger partial charge in [-0.15, -0.1) is 0 Å². The Morgan fingerprint density at radius 2 is 1.70 bits per heavy atom. The van der Waals surface area contributed by atoms with Crippen LogP contribution in [0.2, 0.25) is 10.0 Å². The molecular weight excluding hydrogens is 463 g/mol. The van der Waals surface area contributed by atoms with Gasteiger partial charge in [-0.3, -0.25) is 9.10 Å². The van der Waals surface area contributed by atoms with Crippen LogP contribution in [0, 0.1) is 0 Å². The van der Waals surface area contributed by atoms with Crippen LogP contribution in [0.5, 0.6) is 0 Å². The van der Waals surface area contributed by atoms with Crippen molar-refractivity contribution in [2.75, 3.05) is 23.1 Å². The molecule has 0 aromatic heterocycles. The van der Waals surface area contributed by atoms with Gasteiger partial charge in [-0.1, -0.05) is 54.2 Å². The molecule has 30 heavy (non-hydrogen) atoms. The first-order valence-electron chi connectivity index (χ1n) is 9.78. The van der Waals surface area contributed by atoms with Crippen LogP contribution in [0.15, 0.2) is 53.4 Å². The number of hydrogen-bond acceptors (Lipinski definition) is 4. The Kier molecular flexibility index (Phi) is 8.34. The summed E-state index contributed by atoms with van der Waals surface area (Å²) >= 11 is 14.0. The summed E-state index contributed by atoms with van der Waals surface area (Å²) in [6, 6.07) is 12.5. The lowest BCUT2D eigenvalue weighted by molar-refractivity contribution is -0.119. The van der Waals surface area contributed by atoms with E-state index in [1.54, 1.807) is 18.2 Å². The first-order chi connectivity index (χ1) is 14.4. The van der Waals surface area contributed by atoms with Crippen LogP contribution in [0.3, 0.4) is 0 Å². The highest BCUT2D eigenvalue weighted by Gasteiger charge is 2.27. The van der Waals surface area contributed by atoms with E-state index in [1.165, 1.54) is 56.0 Å². The smallest absolute Gasteiger partial charge is 0.264 e. The maximum Gasteiger partial charge on any atom is 0.264 e. The lowest BCUT2D eigenvalue weighted by Gasteiger charge is -2.24. The maximum absolute atomic E-state index is 13.3. The zero-order chi connectivity index (χ0) is 21.6. The van der Waals surface area contributed by atoms with Gasteiger partial charge in [0.2, 0.25) is 5.91 Å². The Labute approximate surface area is 192 Å². The highest BCUT2D eigenvalue weighted by molar-refractivity contribution is 7.99. The molecule has 1 aliphatic carbocycles. The van der Waals surface area contributed by atoms with Crippen molar-refractivity contribution in [1.82, 2.24) is 5.32 Å². The molecule has 9 heteroatoms. The quantitative estimate of drug-likeness (QED) is 0.507. The van der Waals surface area contributed by atoms with E-state index in [4.69, 9.17) is 23.2 Å². The van der Waals surface area contributed by atoms with Gasteiger partial charge in [-0.25, -0.2) is 8.42 Å². The van der Waals surface area contributed by atoms with Crippen molar-refractivity contribution in [2.45, 2.75) is 35.8 Å². The van der Waals surface area contributed by atoms with Crippen molar-refractivity contribution < 1.29 is 13.2 Å². The first-order valence-corrected chi connectivity index (χ1v) is 13.0. The number of thioether (sulfide) groups is 1. The summed E-state index contributed by atoms with van der Waals surface area (Å²) < 4.78 is 27.5. The number of nitrogens with zero attached hydrogens (tertiary/aromatic N) is 1. The molecule has 0 heterocycles. The molecule has 2 aromatic rings. The van der Waals surface area contributed by atoms with E-state index in [-0.39, 0.29) is 23.0 Å². The van der Waals surface area contributed by atoms with Crippen molar-refractivity contribution in [3.8, 4) is 0 Å². The minimum Gasteiger partial charge on any atom is -0.354 e. The number of benzene rings is 2. The monoisotopic (exact) mass is 486 g/mol. The molecule has 5 nitrogen and oxygen atoms in total. The van der Waals surface area contributed by atoms with Gasteiger partial charge < -0.3 is 5.32 Å². The number of halogens is 2. The fourth-order valence-corrected chi connectivity index (χ4v) is 6.54. The van der Waals surface area contributed by atoms with Crippen molar-refractivity contribution in [1.29, 1.82) is 0 Å². The average Bonchev–Trinajstić information content (AvgIpc) is 3.23. The summed E-state index contributed by atoms with van der Waals surface area (Å²) in [7, 11) is -3.98. The summed E-state index contributed by atoms with van der Waals surface area (Å²) in [5, 5.41) is 4.08. The van der Waals surface area contributed by atoms with Gasteiger partial charge in [0.1, 0.15) is 6.54 Å². The van der Waals surface area contributed by atoms with Crippen molar-refractivity contribution in [2.24, 2.45) is 0 Å². The van der Waals surface area contributed by atoms with E-state index in [9.17, 15) is 13.2 Å². The third-order valence-corrected chi connectivity index (χ3v) is 8.44. The fourth-order valence-electron chi connectivity index (χ4n) is 3.38. The second-order valence-electron chi connectivity index (χ2n) is 7.08. The Morgan fingerprint density at radius 1 is 1.07 bits per heavy atom. The second kappa shape index (κ2) is 10.8. The molecule has 1 fully saturated rings. The predicted octanol–water partition coefficient (Wildman–Crippen LogP) is 4.98. The molecule has 162 valence electrons. The lowest BCUT2D eigenvalue weighted by Crippen LogP contribution is -2.41. The Bertz CT molecular complexity index is 945. The summed E-state index contributed by atoms with van der Waals surface area (Å²) in [6.45, 7) is 0.136. The zero-order valence-electron chi connectivity index (χ0n) is 16.4. The van der Waals surface area contributed by atoms with Gasteiger partial charge in [0, 0.05) is 27.6 Å². The number of amides is 1. The third-order valence-electron chi connectivity index (χ3n) is 4.83. The molecule has 3 rings (SSSR count). The van der Waals surface area contributed by atoms with Gasteiger partial charge in [0.25, 0.3) is 10.0 Å². The van der Waals surface area contributed by atoms with Crippen LogP contribution in [-0.4, -0.2) is 38.4 Å². The van der Waals surface area contributed by atoms with E-state index in [0.29, 0.717) is 21.8 Å². The number of nitrogens with one attached hydrogen (secondary N) is 1. The highest BCUT2D eigenvalue weighted by atomic mass is 35.5. The van der Waals surface area contributed by atoms with Crippen molar-refractivity contribution in [3.63, 3.8) is 0 Å². The van der Waals surface area contributed by atoms with Crippen LogP contribution in [0.25, 0.3) is 0 Å². The summed E-state index contributed by atoms with van der Waals surface area (Å²) in [6.07, 6.45) is 5.02. The van der Waals surface area contributed by atoms with Crippen LogP contribution in [0.1, 0.15) is 25.7 Å². The number of anilines is 1. The molecule has 0 bridgehead atoms. The van der Waals surface area contributed by atoms with Crippen LogP contribution < -0.4 is 9.62 Å². The van der Waals surface area contributed by atoms with E-state index in [2.05, 4.69) is 5.32 Å². The summed E-state index contributed by atoms with van der Waals surface area (Å²) in [4.78, 5) is 12.7. The number of carbonyl (C=O) groups is 1. The molecule has 0 radical (unpaired) electrons. The first kappa shape index (κ1) is 23.3. The second-order valence-corrected chi connectivity index (χ2v) is 11.2. The largest absolute Gasteiger partial charge is 0.354 e. The molecule has 1 aliphatic rings. The minimum atomic E-state index is -3.98. The lowest BCUT2D eigenvalue weighted by atomic mass is 10.3. The van der Waals surface area contributed by atoms with E-state index in [1.807, 2.05) is 11.8 Å². The molecule has 1 amide bonds. The normalized spacial score (nSPS) is 14.6. The Hall–Kier alpha value is -1.41.